The Morgan fingerprint density at radius 2 is 2.16 bits per heavy atom. The van der Waals surface area contributed by atoms with Crippen LogP contribution in [0.25, 0.3) is 0 Å². The molecular weight excluding hydrogens is 344 g/mol. The average Bonchev–Trinajstić information content (AvgIpc) is 2.59. The van der Waals surface area contributed by atoms with Gasteiger partial charge >= 0.3 is 0 Å². The Kier molecular flexibility index (Phi) is 3.91. The first-order valence-corrected chi connectivity index (χ1v) is 8.96. The lowest BCUT2D eigenvalue weighted by atomic mass is 9.67. The van der Waals surface area contributed by atoms with Crippen molar-refractivity contribution in [3.8, 4) is 5.88 Å². The van der Waals surface area contributed by atoms with E-state index in [1.807, 2.05) is 6.07 Å². The summed E-state index contributed by atoms with van der Waals surface area (Å²) < 4.78 is 33.5. The molecule has 0 radical (unpaired) electrons. The fourth-order valence-electron chi connectivity index (χ4n) is 3.87. The summed E-state index contributed by atoms with van der Waals surface area (Å²) in [6, 6.07) is 5.63. The number of rotatable bonds is 2. The van der Waals surface area contributed by atoms with Crippen LogP contribution >= 0.6 is 11.8 Å². The van der Waals surface area contributed by atoms with E-state index in [4.69, 9.17) is 10.5 Å². The molecule has 7 heteroatoms. The minimum Gasteiger partial charge on any atom is -0.481 e. The van der Waals surface area contributed by atoms with Crippen molar-refractivity contribution < 1.29 is 13.5 Å². The molecule has 1 aromatic heterocycles. The SMILES string of the molecule is COc1nccc2c1C[C@]1(c3ccc(F)cc3F)N=C(N)SC[C@@H]1C2. The van der Waals surface area contributed by atoms with Crippen LogP contribution in [0.1, 0.15) is 16.7 Å². The molecule has 1 aromatic carbocycles. The maximum absolute atomic E-state index is 14.7. The van der Waals surface area contributed by atoms with Crippen LogP contribution in [0.15, 0.2) is 35.5 Å². The fourth-order valence-corrected chi connectivity index (χ4v) is 4.87. The molecule has 0 fully saturated rings. The summed E-state index contributed by atoms with van der Waals surface area (Å²) in [5.41, 5.74) is 7.55. The summed E-state index contributed by atoms with van der Waals surface area (Å²) in [6.45, 7) is 0. The Balaban J connectivity index is 1.93. The van der Waals surface area contributed by atoms with Crippen molar-refractivity contribution in [3.05, 3.63) is 58.8 Å². The van der Waals surface area contributed by atoms with Crippen LogP contribution in [0.3, 0.4) is 0 Å². The monoisotopic (exact) mass is 361 g/mol. The number of hydrogen-bond acceptors (Lipinski definition) is 5. The zero-order valence-corrected chi connectivity index (χ0v) is 14.4. The summed E-state index contributed by atoms with van der Waals surface area (Å²) in [5.74, 6) is 0.108. The van der Waals surface area contributed by atoms with E-state index in [1.54, 1.807) is 13.3 Å². The smallest absolute Gasteiger partial charge is 0.216 e. The second kappa shape index (κ2) is 5.98. The highest BCUT2D eigenvalue weighted by molar-refractivity contribution is 8.13. The number of fused-ring (bicyclic) bond motifs is 2. The van der Waals surface area contributed by atoms with Gasteiger partial charge in [0.05, 0.1) is 12.6 Å². The van der Waals surface area contributed by atoms with Gasteiger partial charge in [0.15, 0.2) is 5.17 Å². The zero-order chi connectivity index (χ0) is 17.6. The summed E-state index contributed by atoms with van der Waals surface area (Å²) in [5, 5.41) is 0.422. The molecule has 2 aromatic rings. The molecule has 4 nitrogen and oxygen atoms in total. The van der Waals surface area contributed by atoms with E-state index in [-0.39, 0.29) is 5.92 Å². The maximum atomic E-state index is 14.7. The van der Waals surface area contributed by atoms with Crippen molar-refractivity contribution >= 4 is 16.9 Å². The molecule has 1 aliphatic heterocycles. The highest BCUT2D eigenvalue weighted by Gasteiger charge is 2.48. The van der Waals surface area contributed by atoms with E-state index in [2.05, 4.69) is 9.98 Å². The lowest BCUT2D eigenvalue weighted by Gasteiger charge is -2.44. The van der Waals surface area contributed by atoms with Gasteiger partial charge in [0.2, 0.25) is 5.88 Å². The van der Waals surface area contributed by atoms with E-state index in [1.165, 1.54) is 23.9 Å². The van der Waals surface area contributed by atoms with Gasteiger partial charge in [-0.1, -0.05) is 17.8 Å². The molecule has 2 aliphatic rings. The summed E-state index contributed by atoms with van der Waals surface area (Å²) in [6.07, 6.45) is 2.86. The van der Waals surface area contributed by atoms with Crippen molar-refractivity contribution in [1.29, 1.82) is 0 Å². The van der Waals surface area contributed by atoms with Gasteiger partial charge in [0, 0.05) is 41.5 Å². The molecule has 0 saturated heterocycles. The van der Waals surface area contributed by atoms with E-state index in [9.17, 15) is 8.78 Å². The minimum atomic E-state index is -0.865. The average molecular weight is 361 g/mol. The number of nitrogens with zero attached hydrogens (tertiary/aromatic N) is 2. The molecule has 1 aliphatic carbocycles. The standard InChI is InChI=1S/C18H17F2N3OS/c1-24-16-13-8-18(14-3-2-12(19)7-15(14)20)11(9-25-17(21)23-18)6-10(13)4-5-22-16/h2-5,7,11H,6,8-9H2,1H3,(H2,21,23)/t11-,18-/m0/s1. The molecule has 130 valence electrons. The van der Waals surface area contributed by atoms with E-state index in [0.717, 1.165) is 29.4 Å². The van der Waals surface area contributed by atoms with Crippen molar-refractivity contribution in [3.63, 3.8) is 0 Å². The Hall–Kier alpha value is -2.15. The number of thioether (sulfide) groups is 1. The van der Waals surface area contributed by atoms with Gasteiger partial charge < -0.3 is 10.5 Å². The van der Waals surface area contributed by atoms with Crippen molar-refractivity contribution in [2.45, 2.75) is 18.4 Å². The number of benzene rings is 1. The first kappa shape index (κ1) is 16.3. The predicted molar refractivity (Wildman–Crippen MR) is 93.8 cm³/mol. The first-order chi connectivity index (χ1) is 12.0. The molecule has 2 atom stereocenters. The maximum Gasteiger partial charge on any atom is 0.216 e. The summed E-state index contributed by atoms with van der Waals surface area (Å²) in [4.78, 5) is 8.95. The molecular formula is C18H17F2N3OS. The number of amidine groups is 1. The van der Waals surface area contributed by atoms with Crippen molar-refractivity contribution in [2.75, 3.05) is 12.9 Å². The van der Waals surface area contributed by atoms with E-state index >= 15 is 0 Å². The van der Waals surface area contributed by atoms with Crippen LogP contribution < -0.4 is 10.5 Å². The van der Waals surface area contributed by atoms with Gasteiger partial charge in [0.1, 0.15) is 11.6 Å². The van der Waals surface area contributed by atoms with Crippen LogP contribution in [0.2, 0.25) is 0 Å². The van der Waals surface area contributed by atoms with Gasteiger partial charge in [-0.25, -0.2) is 13.8 Å². The van der Waals surface area contributed by atoms with Gasteiger partial charge in [-0.3, -0.25) is 4.99 Å². The third-order valence-electron chi connectivity index (χ3n) is 5.03. The lowest BCUT2D eigenvalue weighted by molar-refractivity contribution is 0.262. The van der Waals surface area contributed by atoms with Crippen LogP contribution in [0.5, 0.6) is 5.88 Å². The number of ether oxygens (including phenoxy) is 1. The number of aromatic nitrogens is 1. The predicted octanol–water partition coefficient (Wildman–Crippen LogP) is 3.04. The van der Waals surface area contributed by atoms with E-state index < -0.39 is 17.2 Å². The number of aliphatic imine (C=N–C) groups is 1. The Labute approximate surface area is 148 Å². The second-order valence-corrected chi connectivity index (χ2v) is 7.39. The zero-order valence-electron chi connectivity index (χ0n) is 13.6. The molecule has 4 rings (SSSR count). The Morgan fingerprint density at radius 3 is 2.92 bits per heavy atom. The Morgan fingerprint density at radius 1 is 1.32 bits per heavy atom. The quantitative estimate of drug-likeness (QED) is 0.893. The molecule has 0 spiro atoms. The second-order valence-electron chi connectivity index (χ2n) is 6.35. The van der Waals surface area contributed by atoms with Gasteiger partial charge in [-0.2, -0.15) is 0 Å². The largest absolute Gasteiger partial charge is 0.481 e. The minimum absolute atomic E-state index is 0.0596. The highest BCUT2D eigenvalue weighted by Crippen LogP contribution is 2.49. The van der Waals surface area contributed by atoms with Crippen molar-refractivity contribution in [2.24, 2.45) is 16.6 Å². The van der Waals surface area contributed by atoms with Gasteiger partial charge in [-0.15, -0.1) is 0 Å². The van der Waals surface area contributed by atoms with Crippen LogP contribution in [-0.2, 0) is 18.4 Å². The molecule has 25 heavy (non-hydrogen) atoms. The number of hydrogen-bond donors (Lipinski definition) is 1. The third-order valence-corrected chi connectivity index (χ3v) is 5.99. The van der Waals surface area contributed by atoms with Gasteiger partial charge in [-0.05, 0) is 24.1 Å². The van der Waals surface area contributed by atoms with Crippen LogP contribution in [0, 0.1) is 17.6 Å². The van der Waals surface area contributed by atoms with Crippen molar-refractivity contribution in [1.82, 2.24) is 4.98 Å². The summed E-state index contributed by atoms with van der Waals surface area (Å²) >= 11 is 1.47. The molecule has 0 amide bonds. The molecule has 0 bridgehead atoms. The van der Waals surface area contributed by atoms with Crippen LogP contribution in [-0.4, -0.2) is 23.0 Å². The van der Waals surface area contributed by atoms with Crippen LogP contribution in [0.4, 0.5) is 8.78 Å². The lowest BCUT2D eigenvalue weighted by Crippen LogP contribution is -2.46. The highest BCUT2D eigenvalue weighted by atomic mass is 32.2. The molecule has 0 unspecified atom stereocenters. The number of methoxy groups -OCH3 is 1. The molecule has 2 heterocycles. The number of pyridine rings is 1. The topological polar surface area (TPSA) is 60.5 Å². The molecule has 2 N–H and O–H groups in total. The fraction of sp³-hybridized carbons (Fsp3) is 0.333. The van der Waals surface area contributed by atoms with Gasteiger partial charge in [0.25, 0.3) is 0 Å². The number of nitrogens with two attached hydrogens (primary N) is 1. The molecule has 0 saturated carbocycles. The third kappa shape index (κ3) is 2.57. The summed E-state index contributed by atoms with van der Waals surface area (Å²) in [7, 11) is 1.56. The van der Waals surface area contributed by atoms with E-state index in [0.29, 0.717) is 23.0 Å². The number of halogens is 2. The Bertz CT molecular complexity index is 873. The normalized spacial score (nSPS) is 24.9. The first-order valence-electron chi connectivity index (χ1n) is 7.98.